The van der Waals surface area contributed by atoms with Crippen LogP contribution >= 0.6 is 0 Å². The Kier molecular flexibility index (Phi) is 4.08. The van der Waals surface area contributed by atoms with Crippen molar-refractivity contribution in [2.45, 2.75) is 37.6 Å². The number of carbonyl (C=O) groups excluding carboxylic acids is 1. The third kappa shape index (κ3) is 2.64. The van der Waals surface area contributed by atoms with Gasteiger partial charge in [0.05, 0.1) is 6.54 Å². The Morgan fingerprint density at radius 3 is 2.44 bits per heavy atom. The van der Waals surface area contributed by atoms with Gasteiger partial charge in [-0.3, -0.25) is 4.79 Å². The maximum Gasteiger partial charge on any atom is 0.189 e. The summed E-state index contributed by atoms with van der Waals surface area (Å²) in [7, 11) is 0. The van der Waals surface area contributed by atoms with Crippen molar-refractivity contribution in [2.24, 2.45) is 10.2 Å². The number of nitrogens with zero attached hydrogens (tertiary/aromatic N) is 2. The van der Waals surface area contributed by atoms with E-state index >= 15 is 0 Å². The lowest BCUT2D eigenvalue weighted by Crippen LogP contribution is -2.44. The van der Waals surface area contributed by atoms with E-state index in [0.717, 1.165) is 36.0 Å². The second-order valence-corrected chi connectivity index (χ2v) is 6.96. The van der Waals surface area contributed by atoms with Gasteiger partial charge in [-0.25, -0.2) is 0 Å². The predicted octanol–water partition coefficient (Wildman–Crippen LogP) is 5.20. The zero-order valence-corrected chi connectivity index (χ0v) is 14.5. The standard InChI is InChI=1S/C22H22N2O/c1-16(17-9-4-2-5-10-17)19-13-8-14-22(21(19)25)20(15-23-24-22)18-11-6-3-7-12-18/h2-7,9-12,20H,8,13-15H2,1H3/b19-16+. The first-order valence-electron chi connectivity index (χ1n) is 8.96. The van der Waals surface area contributed by atoms with Crippen LogP contribution < -0.4 is 0 Å². The molecule has 0 amide bonds. The molecule has 1 aliphatic carbocycles. The average molecular weight is 330 g/mol. The van der Waals surface area contributed by atoms with E-state index in [1.807, 2.05) is 36.4 Å². The Balaban J connectivity index is 1.76. The number of rotatable bonds is 2. The van der Waals surface area contributed by atoms with Crippen LogP contribution in [-0.2, 0) is 4.79 Å². The van der Waals surface area contributed by atoms with Crippen LogP contribution in [0.1, 0.15) is 43.2 Å². The van der Waals surface area contributed by atoms with Crippen LogP contribution in [0.2, 0.25) is 0 Å². The number of allylic oxidation sites excluding steroid dienone is 1. The van der Waals surface area contributed by atoms with E-state index in [9.17, 15) is 4.79 Å². The zero-order chi connectivity index (χ0) is 17.3. The number of hydrogen-bond acceptors (Lipinski definition) is 3. The summed E-state index contributed by atoms with van der Waals surface area (Å²) in [5.74, 6) is 0.232. The van der Waals surface area contributed by atoms with Crippen LogP contribution in [0.25, 0.3) is 5.57 Å². The number of hydrogen-bond donors (Lipinski definition) is 0. The van der Waals surface area contributed by atoms with Gasteiger partial charge in [-0.15, -0.1) is 0 Å². The quantitative estimate of drug-likeness (QED) is 0.698. The molecule has 1 heterocycles. The van der Waals surface area contributed by atoms with Gasteiger partial charge in [-0.05, 0) is 42.9 Å². The lowest BCUT2D eigenvalue weighted by atomic mass is 9.68. The Morgan fingerprint density at radius 1 is 1.04 bits per heavy atom. The highest BCUT2D eigenvalue weighted by atomic mass is 16.1. The van der Waals surface area contributed by atoms with E-state index in [0.29, 0.717) is 6.54 Å². The molecular formula is C22H22N2O. The molecule has 3 nitrogen and oxygen atoms in total. The van der Waals surface area contributed by atoms with Gasteiger partial charge in [0, 0.05) is 11.5 Å². The van der Waals surface area contributed by atoms with Gasteiger partial charge in [0.1, 0.15) is 0 Å². The van der Waals surface area contributed by atoms with Gasteiger partial charge in [-0.2, -0.15) is 10.2 Å². The zero-order valence-electron chi connectivity index (χ0n) is 14.5. The minimum Gasteiger partial charge on any atom is -0.292 e. The van der Waals surface area contributed by atoms with E-state index in [-0.39, 0.29) is 11.7 Å². The molecule has 4 rings (SSSR count). The molecule has 1 saturated carbocycles. The van der Waals surface area contributed by atoms with Crippen molar-refractivity contribution >= 4 is 11.4 Å². The summed E-state index contributed by atoms with van der Waals surface area (Å²) < 4.78 is 0. The molecule has 1 fully saturated rings. The van der Waals surface area contributed by atoms with E-state index in [1.165, 1.54) is 5.56 Å². The first-order valence-corrected chi connectivity index (χ1v) is 8.96. The highest BCUT2D eigenvalue weighted by Crippen LogP contribution is 2.47. The Bertz CT molecular complexity index is 839. The molecule has 1 aliphatic heterocycles. The molecule has 0 bridgehead atoms. The van der Waals surface area contributed by atoms with Crippen molar-refractivity contribution < 1.29 is 4.79 Å². The van der Waals surface area contributed by atoms with Crippen molar-refractivity contribution in [1.82, 2.24) is 0 Å². The van der Waals surface area contributed by atoms with Crippen molar-refractivity contribution in [1.29, 1.82) is 0 Å². The number of benzene rings is 2. The summed E-state index contributed by atoms with van der Waals surface area (Å²) in [6.45, 7) is 2.67. The second kappa shape index (κ2) is 6.40. The van der Waals surface area contributed by atoms with Gasteiger partial charge in [0.2, 0.25) is 0 Å². The minimum atomic E-state index is -0.703. The van der Waals surface area contributed by atoms with Crippen LogP contribution in [0.5, 0.6) is 0 Å². The molecule has 2 aliphatic rings. The van der Waals surface area contributed by atoms with E-state index in [1.54, 1.807) is 0 Å². The van der Waals surface area contributed by atoms with Crippen molar-refractivity contribution in [3.8, 4) is 0 Å². The Hall–Kier alpha value is -2.55. The summed E-state index contributed by atoms with van der Waals surface area (Å²) in [6, 6.07) is 20.4. The maximum atomic E-state index is 13.5. The molecule has 0 radical (unpaired) electrons. The predicted molar refractivity (Wildman–Crippen MR) is 99.5 cm³/mol. The lowest BCUT2D eigenvalue weighted by Gasteiger charge is -2.35. The second-order valence-electron chi connectivity index (χ2n) is 6.96. The molecule has 2 unspecified atom stereocenters. The summed E-state index contributed by atoms with van der Waals surface area (Å²) in [6.07, 6.45) is 2.60. The molecule has 2 atom stereocenters. The van der Waals surface area contributed by atoms with Gasteiger partial charge in [0.25, 0.3) is 0 Å². The van der Waals surface area contributed by atoms with E-state index < -0.39 is 5.54 Å². The molecule has 25 heavy (non-hydrogen) atoms. The number of carbonyl (C=O) groups is 1. The molecule has 3 heteroatoms. The fourth-order valence-electron chi connectivity index (χ4n) is 4.21. The number of Topliss-reactive ketones (excluding diaryl/α,β-unsaturated/α-hetero) is 1. The summed E-state index contributed by atoms with van der Waals surface area (Å²) >= 11 is 0. The van der Waals surface area contributed by atoms with Gasteiger partial charge >= 0.3 is 0 Å². The maximum absolute atomic E-state index is 13.5. The average Bonchev–Trinajstić information content (AvgIpc) is 3.09. The molecule has 2 aromatic rings. The van der Waals surface area contributed by atoms with Crippen LogP contribution in [0.3, 0.4) is 0 Å². The SMILES string of the molecule is C/C(=C1/CCCC2(N=NCC2c2ccccc2)C1=O)c1ccccc1. The lowest BCUT2D eigenvalue weighted by molar-refractivity contribution is -0.122. The molecule has 126 valence electrons. The highest BCUT2D eigenvalue weighted by molar-refractivity contribution is 6.09. The van der Waals surface area contributed by atoms with Crippen LogP contribution in [0, 0.1) is 0 Å². The third-order valence-electron chi connectivity index (χ3n) is 5.60. The van der Waals surface area contributed by atoms with Gasteiger partial charge < -0.3 is 0 Å². The topological polar surface area (TPSA) is 41.8 Å². The van der Waals surface area contributed by atoms with Crippen LogP contribution in [0.15, 0.2) is 76.5 Å². The van der Waals surface area contributed by atoms with Gasteiger partial charge in [-0.1, -0.05) is 60.7 Å². The van der Waals surface area contributed by atoms with Crippen LogP contribution in [0.4, 0.5) is 0 Å². The monoisotopic (exact) mass is 330 g/mol. The highest BCUT2D eigenvalue weighted by Gasteiger charge is 2.52. The molecule has 0 aromatic heterocycles. The molecule has 2 aromatic carbocycles. The van der Waals surface area contributed by atoms with Crippen molar-refractivity contribution in [3.05, 3.63) is 77.4 Å². The molecule has 0 N–H and O–H groups in total. The first kappa shape index (κ1) is 15.9. The fraction of sp³-hybridized carbons (Fsp3) is 0.318. The molecular weight excluding hydrogens is 308 g/mol. The first-order chi connectivity index (χ1) is 12.2. The minimum absolute atomic E-state index is 0.0556. The Labute approximate surface area is 148 Å². The van der Waals surface area contributed by atoms with Gasteiger partial charge in [0.15, 0.2) is 11.3 Å². The third-order valence-corrected chi connectivity index (χ3v) is 5.60. The summed E-state index contributed by atoms with van der Waals surface area (Å²) in [4.78, 5) is 13.5. The normalized spacial score (nSPS) is 27.7. The van der Waals surface area contributed by atoms with Crippen molar-refractivity contribution in [2.75, 3.05) is 6.54 Å². The number of azo groups is 1. The van der Waals surface area contributed by atoms with E-state index in [2.05, 4.69) is 41.4 Å². The smallest absolute Gasteiger partial charge is 0.189 e. The summed E-state index contributed by atoms with van der Waals surface area (Å²) in [5.41, 5.74) is 3.59. The number of ketones is 1. The molecule has 0 saturated heterocycles. The van der Waals surface area contributed by atoms with Crippen LogP contribution in [-0.4, -0.2) is 17.9 Å². The molecule has 1 spiro atoms. The van der Waals surface area contributed by atoms with E-state index in [4.69, 9.17) is 0 Å². The van der Waals surface area contributed by atoms with Crippen molar-refractivity contribution in [3.63, 3.8) is 0 Å². The summed E-state index contributed by atoms with van der Waals surface area (Å²) in [5, 5.41) is 8.85. The fourth-order valence-corrected chi connectivity index (χ4v) is 4.21. The Morgan fingerprint density at radius 2 is 1.72 bits per heavy atom. The largest absolute Gasteiger partial charge is 0.292 e.